The summed E-state index contributed by atoms with van der Waals surface area (Å²) in [6.07, 6.45) is 3.68. The molecule has 2 atom stereocenters. The zero-order valence-electron chi connectivity index (χ0n) is 19.8. The topological polar surface area (TPSA) is 101 Å². The van der Waals surface area contributed by atoms with E-state index in [1.165, 1.54) is 17.9 Å². The van der Waals surface area contributed by atoms with Crippen LogP contribution in [0.5, 0.6) is 0 Å². The summed E-state index contributed by atoms with van der Waals surface area (Å²) in [6, 6.07) is 8.08. The van der Waals surface area contributed by atoms with Gasteiger partial charge in [0, 0.05) is 49.2 Å². The number of aryl methyl sites for hydroxylation is 1. The third-order valence-corrected chi connectivity index (χ3v) is 6.05. The summed E-state index contributed by atoms with van der Waals surface area (Å²) >= 11 is 0. The van der Waals surface area contributed by atoms with Crippen LogP contribution in [0.4, 0.5) is 0 Å². The van der Waals surface area contributed by atoms with Crippen molar-refractivity contribution in [2.24, 2.45) is 5.92 Å². The molecule has 8 nitrogen and oxygen atoms in total. The van der Waals surface area contributed by atoms with Crippen molar-refractivity contribution >= 4 is 22.7 Å². The predicted molar refractivity (Wildman–Crippen MR) is 127 cm³/mol. The zero-order valence-corrected chi connectivity index (χ0v) is 19.8. The van der Waals surface area contributed by atoms with Crippen molar-refractivity contribution in [3.05, 3.63) is 53.0 Å². The number of benzene rings is 1. The summed E-state index contributed by atoms with van der Waals surface area (Å²) in [5.41, 5.74) is 4.41. The van der Waals surface area contributed by atoms with E-state index < -0.39 is 0 Å². The second-order valence-corrected chi connectivity index (χ2v) is 9.33. The Morgan fingerprint density at radius 2 is 2.06 bits per heavy atom. The van der Waals surface area contributed by atoms with Gasteiger partial charge in [0.05, 0.1) is 12.6 Å². The molecular weight excluding hydrogens is 418 g/mol. The Hall–Kier alpha value is -3.13. The monoisotopic (exact) mass is 451 g/mol. The summed E-state index contributed by atoms with van der Waals surface area (Å²) in [5.74, 6) is 1.12. The van der Waals surface area contributed by atoms with Gasteiger partial charge in [-0.2, -0.15) is 0 Å². The molecule has 0 bridgehead atoms. The molecule has 33 heavy (non-hydrogen) atoms. The molecule has 8 heteroatoms. The molecule has 0 fully saturated rings. The first-order chi connectivity index (χ1) is 15.8. The van der Waals surface area contributed by atoms with Crippen molar-refractivity contribution < 1.29 is 14.1 Å². The van der Waals surface area contributed by atoms with Crippen LogP contribution in [0, 0.1) is 12.8 Å². The molecule has 2 amide bonds. The smallest absolute Gasteiger partial charge is 0.237 e. The van der Waals surface area contributed by atoms with E-state index in [0.29, 0.717) is 32.0 Å². The van der Waals surface area contributed by atoms with Crippen molar-refractivity contribution in [3.63, 3.8) is 0 Å². The maximum Gasteiger partial charge on any atom is 0.237 e. The van der Waals surface area contributed by atoms with E-state index in [2.05, 4.69) is 63.9 Å². The average molecular weight is 452 g/mol. The molecule has 3 heterocycles. The second kappa shape index (κ2) is 9.79. The molecule has 1 aromatic carbocycles. The number of nitrogens with one attached hydrogen (secondary N) is 3. The molecule has 176 valence electrons. The van der Waals surface area contributed by atoms with E-state index >= 15 is 0 Å². The van der Waals surface area contributed by atoms with Crippen molar-refractivity contribution in [2.45, 2.75) is 59.2 Å². The number of rotatable bonds is 8. The lowest BCUT2D eigenvalue weighted by molar-refractivity contribution is -0.124. The quantitative estimate of drug-likeness (QED) is 0.457. The van der Waals surface area contributed by atoms with Gasteiger partial charge in [0.2, 0.25) is 11.8 Å². The first kappa shape index (κ1) is 23.0. The SMILES string of the molecule is CC(=O)NCCNC(=O)C1Cc2cn(Cc3cc(C)on3)c3cccc(c23)C(CC(C)C)N1. The number of carbonyl (C=O) groups excluding carboxylic acids is 2. The van der Waals surface area contributed by atoms with E-state index in [9.17, 15) is 9.59 Å². The van der Waals surface area contributed by atoms with Crippen molar-refractivity contribution in [1.82, 2.24) is 25.7 Å². The Labute approximate surface area is 194 Å². The molecule has 0 spiro atoms. The molecule has 0 radical (unpaired) electrons. The fraction of sp³-hybridized carbons (Fsp3) is 0.480. The summed E-state index contributed by atoms with van der Waals surface area (Å²) in [4.78, 5) is 24.2. The maximum absolute atomic E-state index is 13.1. The van der Waals surface area contributed by atoms with Gasteiger partial charge in [0.1, 0.15) is 11.5 Å². The largest absolute Gasteiger partial charge is 0.361 e. The first-order valence-electron chi connectivity index (χ1n) is 11.6. The molecule has 1 aliphatic heterocycles. The molecule has 0 saturated heterocycles. The minimum Gasteiger partial charge on any atom is -0.361 e. The van der Waals surface area contributed by atoms with Crippen LogP contribution in [0.25, 0.3) is 10.9 Å². The number of amides is 2. The Kier molecular flexibility index (Phi) is 6.83. The van der Waals surface area contributed by atoms with Crippen LogP contribution in [0.15, 0.2) is 35.0 Å². The normalized spacial score (nSPS) is 17.8. The highest BCUT2D eigenvalue weighted by molar-refractivity contribution is 5.90. The fourth-order valence-corrected chi connectivity index (χ4v) is 4.71. The van der Waals surface area contributed by atoms with E-state index in [1.807, 2.05) is 13.0 Å². The van der Waals surface area contributed by atoms with Crippen molar-refractivity contribution in [3.8, 4) is 0 Å². The molecule has 2 aromatic heterocycles. The molecular formula is C25H33N5O3. The minimum atomic E-state index is -0.355. The van der Waals surface area contributed by atoms with Crippen molar-refractivity contribution in [2.75, 3.05) is 13.1 Å². The molecule has 4 rings (SSSR count). The van der Waals surface area contributed by atoms with Crippen LogP contribution in [0.1, 0.15) is 55.8 Å². The highest BCUT2D eigenvalue weighted by Gasteiger charge is 2.30. The lowest BCUT2D eigenvalue weighted by Gasteiger charge is -2.25. The second-order valence-electron chi connectivity index (χ2n) is 9.33. The summed E-state index contributed by atoms with van der Waals surface area (Å²) < 4.78 is 7.46. The Balaban J connectivity index is 1.65. The van der Waals surface area contributed by atoms with Gasteiger partial charge in [-0.1, -0.05) is 31.1 Å². The van der Waals surface area contributed by atoms with Gasteiger partial charge < -0.3 is 19.7 Å². The van der Waals surface area contributed by atoms with Crippen LogP contribution in [-0.2, 0) is 22.6 Å². The number of nitrogens with zero attached hydrogens (tertiary/aromatic N) is 2. The predicted octanol–water partition coefficient (Wildman–Crippen LogP) is 2.84. The zero-order chi connectivity index (χ0) is 23.5. The fourth-order valence-electron chi connectivity index (χ4n) is 4.71. The third-order valence-electron chi connectivity index (χ3n) is 6.05. The highest BCUT2D eigenvalue weighted by Crippen LogP contribution is 2.36. The van der Waals surface area contributed by atoms with E-state index in [-0.39, 0.29) is 23.9 Å². The molecule has 3 N–H and O–H groups in total. The van der Waals surface area contributed by atoms with Gasteiger partial charge in [0.15, 0.2) is 0 Å². The van der Waals surface area contributed by atoms with Gasteiger partial charge in [0.25, 0.3) is 0 Å². The van der Waals surface area contributed by atoms with Crippen LogP contribution >= 0.6 is 0 Å². The standard InChI is InChI=1S/C25H33N5O3/c1-15(2)10-21-20-6-5-7-23-24(20)18(13-30(23)14-19-11-16(3)33-29-19)12-22(28-21)25(32)27-9-8-26-17(4)31/h5-7,11,13,15,21-22,28H,8-10,12,14H2,1-4H3,(H,26,31)(H,27,32). The van der Waals surface area contributed by atoms with Crippen LogP contribution < -0.4 is 16.0 Å². The average Bonchev–Trinajstić information content (AvgIpc) is 3.28. The lowest BCUT2D eigenvalue weighted by atomic mass is 9.94. The number of hydrogen-bond donors (Lipinski definition) is 3. The molecule has 0 aliphatic carbocycles. The molecule has 1 aliphatic rings. The summed E-state index contributed by atoms with van der Waals surface area (Å²) in [6.45, 7) is 9.21. The summed E-state index contributed by atoms with van der Waals surface area (Å²) in [7, 11) is 0. The van der Waals surface area contributed by atoms with E-state index in [4.69, 9.17) is 4.52 Å². The van der Waals surface area contributed by atoms with Crippen LogP contribution in [0.2, 0.25) is 0 Å². The van der Waals surface area contributed by atoms with Gasteiger partial charge in [-0.3, -0.25) is 14.9 Å². The number of carbonyl (C=O) groups is 2. The Bertz CT molecular complexity index is 1150. The van der Waals surface area contributed by atoms with Gasteiger partial charge in [-0.25, -0.2) is 0 Å². The third kappa shape index (κ3) is 5.27. The lowest BCUT2D eigenvalue weighted by Crippen LogP contribution is -2.48. The van der Waals surface area contributed by atoms with Crippen molar-refractivity contribution in [1.29, 1.82) is 0 Å². The maximum atomic E-state index is 13.1. The van der Waals surface area contributed by atoms with Gasteiger partial charge in [-0.05, 0) is 42.9 Å². The summed E-state index contributed by atoms with van der Waals surface area (Å²) in [5, 5.41) is 14.7. The number of hydrogen-bond acceptors (Lipinski definition) is 5. The number of aromatic nitrogens is 2. The van der Waals surface area contributed by atoms with Gasteiger partial charge >= 0.3 is 0 Å². The molecule has 3 aromatic rings. The van der Waals surface area contributed by atoms with E-state index in [0.717, 1.165) is 29.0 Å². The van der Waals surface area contributed by atoms with Crippen LogP contribution in [0.3, 0.4) is 0 Å². The molecule has 0 saturated carbocycles. The van der Waals surface area contributed by atoms with E-state index in [1.54, 1.807) is 0 Å². The molecule has 2 unspecified atom stereocenters. The minimum absolute atomic E-state index is 0.0464. The Morgan fingerprint density at radius 1 is 1.27 bits per heavy atom. The Morgan fingerprint density at radius 3 is 2.76 bits per heavy atom. The van der Waals surface area contributed by atoms with Crippen LogP contribution in [-0.4, -0.2) is 40.7 Å². The highest BCUT2D eigenvalue weighted by atomic mass is 16.5. The first-order valence-corrected chi connectivity index (χ1v) is 11.6. The van der Waals surface area contributed by atoms with Gasteiger partial charge in [-0.15, -0.1) is 0 Å².